The second kappa shape index (κ2) is 7.29. The Balaban J connectivity index is 1.09. The predicted molar refractivity (Wildman–Crippen MR) is 149 cm³/mol. The molecule has 4 aliphatic rings. The topological polar surface area (TPSA) is 41.5 Å². The highest BCUT2D eigenvalue weighted by Crippen LogP contribution is 2.80. The molecule has 1 N–H and O–H groups in total. The maximum absolute atomic E-state index is 13.9. The number of allylic oxidation sites excluding steroid dienone is 1. The van der Waals surface area contributed by atoms with Crippen molar-refractivity contribution in [2.24, 2.45) is 10.4 Å². The minimum absolute atomic E-state index is 0.0716. The minimum atomic E-state index is -0.444. The molecule has 4 aromatic carbocycles. The van der Waals surface area contributed by atoms with Crippen LogP contribution in [-0.4, -0.2) is 11.7 Å². The third-order valence-electron chi connectivity index (χ3n) is 9.64. The van der Waals surface area contributed by atoms with Crippen LogP contribution in [0.1, 0.15) is 65.8 Å². The van der Waals surface area contributed by atoms with Gasteiger partial charge in [0.05, 0.1) is 5.41 Å². The van der Waals surface area contributed by atoms with Crippen molar-refractivity contribution in [2.45, 2.75) is 43.4 Å². The maximum atomic E-state index is 13.9. The normalized spacial score (nSPS) is 28.5. The van der Waals surface area contributed by atoms with Crippen molar-refractivity contribution >= 4 is 28.1 Å². The van der Waals surface area contributed by atoms with Gasteiger partial charge in [-0.25, -0.2) is 4.99 Å². The van der Waals surface area contributed by atoms with Crippen LogP contribution >= 0.6 is 0 Å². The number of nitrogens with one attached hydrogen (secondary N) is 1. The van der Waals surface area contributed by atoms with E-state index in [1.54, 1.807) is 0 Å². The molecule has 1 amide bonds. The Morgan fingerprint density at radius 2 is 1.57 bits per heavy atom. The zero-order valence-corrected chi connectivity index (χ0v) is 20.9. The Morgan fingerprint density at radius 3 is 2.41 bits per heavy atom. The Labute approximate surface area is 217 Å². The number of hydrogen-bond donors (Lipinski definition) is 1. The number of amidine groups is 1. The van der Waals surface area contributed by atoms with Crippen molar-refractivity contribution in [3.05, 3.63) is 125 Å². The molecule has 0 aromatic heterocycles. The van der Waals surface area contributed by atoms with Gasteiger partial charge in [0.2, 0.25) is 5.91 Å². The summed E-state index contributed by atoms with van der Waals surface area (Å²) in [6.45, 7) is 2.17. The number of amides is 1. The first-order valence-electron chi connectivity index (χ1n) is 13.3. The molecular formula is C34H28N2O. The van der Waals surface area contributed by atoms with E-state index in [-0.39, 0.29) is 17.2 Å². The first kappa shape index (κ1) is 21.1. The van der Waals surface area contributed by atoms with Crippen LogP contribution in [0.2, 0.25) is 0 Å². The van der Waals surface area contributed by atoms with Crippen LogP contribution in [0.5, 0.6) is 0 Å². The van der Waals surface area contributed by atoms with Gasteiger partial charge < -0.3 is 5.32 Å². The molecule has 1 saturated carbocycles. The maximum Gasteiger partial charge on any atom is 0.231 e. The van der Waals surface area contributed by atoms with Crippen molar-refractivity contribution in [1.29, 1.82) is 0 Å². The van der Waals surface area contributed by atoms with Crippen LogP contribution in [-0.2, 0) is 10.2 Å². The standard InChI is InChI=1S/C34H28N2O/c1-33(20-34-28-16-7-6-14-27(28)30(34)25-12-4-5-13-26(25)31(33)34)32(37)36-29-18-17-22(19-35-29)24-15-8-10-21-9-2-3-11-23(21)24/h2-16,19,30-31H,17-18,20H2,1H3,(H,35,36,37). The lowest BCUT2D eigenvalue weighted by atomic mass is 9.36. The molecule has 0 bridgehead atoms. The molecule has 8 rings (SSSR count). The summed E-state index contributed by atoms with van der Waals surface area (Å²) in [6, 6.07) is 32.6. The fourth-order valence-electron chi connectivity index (χ4n) is 8.23. The lowest BCUT2D eigenvalue weighted by molar-refractivity contribution is -0.142. The molecule has 0 saturated heterocycles. The average molecular weight is 481 g/mol. The monoisotopic (exact) mass is 480 g/mol. The number of rotatable bonds is 2. The fraction of sp³-hybridized carbons (Fsp3) is 0.235. The molecule has 1 fully saturated rings. The smallest absolute Gasteiger partial charge is 0.231 e. The van der Waals surface area contributed by atoms with Gasteiger partial charge in [-0.15, -0.1) is 0 Å². The number of carbonyl (C=O) groups is 1. The Morgan fingerprint density at radius 1 is 0.838 bits per heavy atom. The molecule has 4 unspecified atom stereocenters. The minimum Gasteiger partial charge on any atom is -0.314 e. The third-order valence-corrected chi connectivity index (χ3v) is 9.64. The molecule has 4 aromatic rings. The molecule has 4 atom stereocenters. The summed E-state index contributed by atoms with van der Waals surface area (Å²) < 4.78 is 0. The van der Waals surface area contributed by atoms with E-state index >= 15 is 0 Å². The van der Waals surface area contributed by atoms with Crippen molar-refractivity contribution in [3.63, 3.8) is 0 Å². The molecular weight excluding hydrogens is 452 g/mol. The van der Waals surface area contributed by atoms with E-state index in [2.05, 4.69) is 103 Å². The molecule has 180 valence electrons. The Bertz CT molecular complexity index is 1690. The molecule has 3 heteroatoms. The van der Waals surface area contributed by atoms with Gasteiger partial charge in [0.15, 0.2) is 0 Å². The highest BCUT2D eigenvalue weighted by molar-refractivity contribution is 6.04. The van der Waals surface area contributed by atoms with Crippen molar-refractivity contribution < 1.29 is 4.79 Å². The van der Waals surface area contributed by atoms with Crippen LogP contribution in [0.3, 0.4) is 0 Å². The van der Waals surface area contributed by atoms with Gasteiger partial charge in [-0.1, -0.05) is 97.9 Å². The predicted octanol–water partition coefficient (Wildman–Crippen LogP) is 7.08. The molecule has 37 heavy (non-hydrogen) atoms. The Hall–Kier alpha value is -3.98. The zero-order chi connectivity index (χ0) is 24.8. The van der Waals surface area contributed by atoms with Gasteiger partial charge >= 0.3 is 0 Å². The third kappa shape index (κ3) is 2.62. The van der Waals surface area contributed by atoms with Gasteiger partial charge in [-0.05, 0) is 57.0 Å². The number of hydrogen-bond acceptors (Lipinski definition) is 2. The van der Waals surface area contributed by atoms with Crippen molar-refractivity contribution in [2.75, 3.05) is 0 Å². The number of benzene rings is 4. The molecule has 1 aliphatic heterocycles. The first-order valence-corrected chi connectivity index (χ1v) is 13.3. The van der Waals surface area contributed by atoms with E-state index in [1.807, 2.05) is 6.20 Å². The van der Waals surface area contributed by atoms with Crippen molar-refractivity contribution in [1.82, 2.24) is 5.32 Å². The second-order valence-corrected chi connectivity index (χ2v) is 11.4. The lowest BCUT2D eigenvalue weighted by Crippen LogP contribution is -2.65. The number of fused-ring (bicyclic) bond motifs is 6. The number of nitrogens with zero attached hydrogens (tertiary/aromatic N) is 1. The van der Waals surface area contributed by atoms with E-state index in [0.717, 1.165) is 25.1 Å². The summed E-state index contributed by atoms with van der Waals surface area (Å²) in [5, 5.41) is 5.75. The highest BCUT2D eigenvalue weighted by atomic mass is 16.2. The van der Waals surface area contributed by atoms with E-state index in [0.29, 0.717) is 5.92 Å². The average Bonchev–Trinajstić information content (AvgIpc) is 3.13. The molecule has 3 nitrogen and oxygen atoms in total. The van der Waals surface area contributed by atoms with Crippen LogP contribution in [0.15, 0.2) is 102 Å². The lowest BCUT2D eigenvalue weighted by Gasteiger charge is -2.65. The number of aliphatic imine (C=N–C) groups is 1. The summed E-state index contributed by atoms with van der Waals surface area (Å²) in [5.74, 6) is 1.53. The quantitative estimate of drug-likeness (QED) is 0.327. The van der Waals surface area contributed by atoms with E-state index < -0.39 is 5.41 Å². The highest BCUT2D eigenvalue weighted by Gasteiger charge is 2.76. The van der Waals surface area contributed by atoms with Crippen LogP contribution in [0, 0.1) is 5.41 Å². The molecule has 1 heterocycles. The van der Waals surface area contributed by atoms with E-state index in [4.69, 9.17) is 4.99 Å². The number of carbonyl (C=O) groups excluding carboxylic acids is 1. The summed E-state index contributed by atoms with van der Waals surface area (Å²) >= 11 is 0. The summed E-state index contributed by atoms with van der Waals surface area (Å²) in [4.78, 5) is 18.6. The van der Waals surface area contributed by atoms with Crippen LogP contribution < -0.4 is 5.32 Å². The van der Waals surface area contributed by atoms with Crippen LogP contribution in [0.4, 0.5) is 0 Å². The van der Waals surface area contributed by atoms with Gasteiger partial charge in [-0.3, -0.25) is 4.79 Å². The van der Waals surface area contributed by atoms with Gasteiger partial charge in [0.25, 0.3) is 0 Å². The van der Waals surface area contributed by atoms with E-state index in [9.17, 15) is 4.79 Å². The van der Waals surface area contributed by atoms with Gasteiger partial charge in [0, 0.05) is 29.9 Å². The molecule has 3 aliphatic carbocycles. The van der Waals surface area contributed by atoms with Gasteiger partial charge in [-0.2, -0.15) is 0 Å². The fourth-order valence-corrected chi connectivity index (χ4v) is 8.23. The van der Waals surface area contributed by atoms with E-state index in [1.165, 1.54) is 44.2 Å². The van der Waals surface area contributed by atoms with Crippen LogP contribution in [0.25, 0.3) is 16.3 Å². The van der Waals surface area contributed by atoms with Crippen molar-refractivity contribution in [3.8, 4) is 0 Å². The Kier molecular flexibility index (Phi) is 4.16. The molecule has 0 radical (unpaired) electrons. The van der Waals surface area contributed by atoms with Gasteiger partial charge in [0.1, 0.15) is 5.84 Å². The molecule has 1 spiro atoms. The summed E-state index contributed by atoms with van der Waals surface area (Å²) in [6.07, 6.45) is 4.45. The first-order chi connectivity index (χ1) is 18.1. The summed E-state index contributed by atoms with van der Waals surface area (Å²) in [5.41, 5.74) is 7.76. The second-order valence-electron chi connectivity index (χ2n) is 11.4. The summed E-state index contributed by atoms with van der Waals surface area (Å²) in [7, 11) is 0. The largest absolute Gasteiger partial charge is 0.314 e. The SMILES string of the molecule is CC1(C(=O)NC2=NC=C(c3cccc4ccccc34)CC2)CC23c4ccccc4C2c2ccccc2C13. The zero-order valence-electron chi connectivity index (χ0n) is 20.9.